The minimum atomic E-state index is -2.67. The standard InChI is InChI=1S/2C6H5O.C5H12.C3H6O.C3H8.C2H6O2S.C2H6O.C2H6S.Y/c2*7-6-4-2-1-3-5-6;1-5(2,3)4;1-3(2)4;1-3-2;1-5(2,3)4;2*1-3-2;/h2*2-5,7H;1-4H3;1-2H3;3H2,1-2H3;1-2H3;2*1-2H3;/q2*-1;;;;;;;. The fourth-order valence-corrected chi connectivity index (χ4v) is 0.756. The Kier molecular flexibility index (Phi) is 56.9. The van der Waals surface area contributed by atoms with Crippen molar-refractivity contribution in [1.29, 1.82) is 0 Å². The van der Waals surface area contributed by atoms with Gasteiger partial charge in [-0.15, -0.1) is 24.3 Å². The normalized spacial score (nSPS) is 8.37. The van der Waals surface area contributed by atoms with E-state index >= 15 is 0 Å². The van der Waals surface area contributed by atoms with E-state index in [4.69, 9.17) is 10.2 Å². The summed E-state index contributed by atoms with van der Waals surface area (Å²) in [5, 5.41) is 17.2. The number of phenols is 2. The van der Waals surface area contributed by atoms with Gasteiger partial charge in [0.05, 0.1) is 0 Å². The first-order valence-corrected chi connectivity index (χ1v) is 15.4. The Balaban J connectivity index is -0.0000000591. The average Bonchev–Trinajstić information content (AvgIpc) is 2.69. The zero-order valence-corrected chi connectivity index (χ0v) is 30.7. The molecule has 2 aromatic rings. The Bertz CT molecular complexity index is 704. The fourth-order valence-electron chi connectivity index (χ4n) is 0.756. The van der Waals surface area contributed by atoms with Gasteiger partial charge < -0.3 is 19.7 Å². The first-order chi connectivity index (χ1) is 16.8. The number of methoxy groups -OCH3 is 1. The molecule has 0 bridgehead atoms. The van der Waals surface area contributed by atoms with Crippen LogP contribution in [-0.2, 0) is 52.1 Å². The molecule has 0 heterocycles. The van der Waals surface area contributed by atoms with Crippen LogP contribution in [0.4, 0.5) is 0 Å². The Morgan fingerprint density at radius 2 is 0.947 bits per heavy atom. The number of ketones is 1. The Morgan fingerprint density at radius 1 is 0.842 bits per heavy atom. The zero-order chi connectivity index (χ0) is 30.9. The van der Waals surface area contributed by atoms with E-state index in [9.17, 15) is 13.2 Å². The molecule has 2 rings (SSSR count). The van der Waals surface area contributed by atoms with Crippen molar-refractivity contribution in [2.24, 2.45) is 5.41 Å². The van der Waals surface area contributed by atoms with Crippen LogP contribution in [0.15, 0.2) is 48.5 Å². The SMILES string of the molecule is CC(C)(C)C.CC(C)=O.CCC.COC.CS(C)(=O)=O.CSC.Oc1cc[c-]cc1.Oc1cc[c-]cc1.[Y]. The Labute approximate surface area is 265 Å². The van der Waals surface area contributed by atoms with Crippen molar-refractivity contribution >= 4 is 27.4 Å². The molecular formula is C29H54O6S2Y-2. The van der Waals surface area contributed by atoms with Gasteiger partial charge in [-0.05, 0) is 31.8 Å². The number of ether oxygens (including phenoxy) is 1. The summed E-state index contributed by atoms with van der Waals surface area (Å²) in [5.41, 5.74) is 0.500. The van der Waals surface area contributed by atoms with Crippen molar-refractivity contribution in [3.63, 3.8) is 0 Å². The summed E-state index contributed by atoms with van der Waals surface area (Å²) in [6.45, 7) is 16.1. The van der Waals surface area contributed by atoms with Gasteiger partial charge in [-0.25, -0.2) is 8.42 Å². The van der Waals surface area contributed by atoms with E-state index in [2.05, 4.69) is 58.4 Å². The minimum absolute atomic E-state index is 0. The van der Waals surface area contributed by atoms with Gasteiger partial charge in [0.15, 0.2) is 0 Å². The van der Waals surface area contributed by atoms with E-state index in [1.165, 1.54) is 20.3 Å². The van der Waals surface area contributed by atoms with Gasteiger partial charge >= 0.3 is 0 Å². The Morgan fingerprint density at radius 3 is 1.00 bits per heavy atom. The van der Waals surface area contributed by atoms with Gasteiger partial charge in [0, 0.05) is 70.9 Å². The van der Waals surface area contributed by atoms with Gasteiger partial charge in [-0.3, -0.25) is 0 Å². The second-order valence-electron chi connectivity index (χ2n) is 9.09. The van der Waals surface area contributed by atoms with Crippen LogP contribution in [0.3, 0.4) is 0 Å². The molecule has 0 saturated carbocycles. The summed E-state index contributed by atoms with van der Waals surface area (Å²) >= 11 is 1.75. The smallest absolute Gasteiger partial charge is 0.144 e. The Hall–Kier alpha value is -0.926. The molecule has 0 saturated heterocycles. The van der Waals surface area contributed by atoms with E-state index in [0.29, 0.717) is 16.9 Å². The number of carbonyl (C=O) groups is 1. The molecule has 2 N–H and O–H groups in total. The van der Waals surface area contributed by atoms with Gasteiger partial charge in [0.25, 0.3) is 0 Å². The molecule has 0 amide bonds. The molecule has 0 aliphatic heterocycles. The number of sulfone groups is 1. The third-order valence-electron chi connectivity index (χ3n) is 1.40. The van der Waals surface area contributed by atoms with Crippen molar-refractivity contribution < 1.29 is 60.9 Å². The van der Waals surface area contributed by atoms with E-state index in [1.807, 2.05) is 12.5 Å². The average molecular weight is 652 g/mol. The van der Waals surface area contributed by atoms with Crippen LogP contribution in [-0.4, -0.2) is 63.7 Å². The number of hydrogen-bond donors (Lipinski definition) is 2. The van der Waals surface area contributed by atoms with Crippen LogP contribution >= 0.6 is 11.8 Å². The van der Waals surface area contributed by atoms with Gasteiger partial charge in [-0.2, -0.15) is 48.2 Å². The molecule has 38 heavy (non-hydrogen) atoms. The first kappa shape index (κ1) is 53.3. The monoisotopic (exact) mass is 651 g/mol. The molecule has 1 radical (unpaired) electrons. The molecule has 0 aliphatic carbocycles. The maximum absolute atomic E-state index is 9.63. The maximum Gasteiger partial charge on any atom is 0.144 e. The maximum atomic E-state index is 9.63. The number of thioether (sulfide) groups is 1. The minimum Gasteiger partial charge on any atom is -0.533 e. The van der Waals surface area contributed by atoms with Crippen molar-refractivity contribution in [2.75, 3.05) is 39.2 Å². The molecule has 6 nitrogen and oxygen atoms in total. The van der Waals surface area contributed by atoms with Crippen molar-refractivity contribution in [3.8, 4) is 11.5 Å². The number of hydrogen-bond acceptors (Lipinski definition) is 7. The predicted molar refractivity (Wildman–Crippen MR) is 164 cm³/mol. The molecule has 0 aliphatic rings. The second kappa shape index (κ2) is 40.6. The summed E-state index contributed by atoms with van der Waals surface area (Å²) in [6, 6.07) is 18.5. The third-order valence-corrected chi connectivity index (χ3v) is 1.40. The van der Waals surface area contributed by atoms with Crippen molar-refractivity contribution in [3.05, 3.63) is 60.7 Å². The molecular weight excluding hydrogens is 597 g/mol. The first-order valence-electron chi connectivity index (χ1n) is 11.5. The van der Waals surface area contributed by atoms with Crippen molar-refractivity contribution in [1.82, 2.24) is 0 Å². The van der Waals surface area contributed by atoms with Crippen LogP contribution in [0.25, 0.3) is 0 Å². The zero-order valence-electron chi connectivity index (χ0n) is 26.2. The molecule has 2 aromatic carbocycles. The molecule has 0 atom stereocenters. The van der Waals surface area contributed by atoms with Gasteiger partial charge in [0.1, 0.15) is 15.6 Å². The van der Waals surface area contributed by atoms with Crippen LogP contribution < -0.4 is 0 Å². The number of carbonyl (C=O) groups excluding carboxylic acids is 1. The number of Topliss-reactive ketones (excluding diaryl/α,β-unsaturated/α-hetero) is 1. The van der Waals surface area contributed by atoms with E-state index in [-0.39, 0.29) is 38.5 Å². The molecule has 0 spiro atoms. The summed E-state index contributed by atoms with van der Waals surface area (Å²) in [7, 11) is 0.583. The second-order valence-corrected chi connectivity index (χ2v) is 12.2. The predicted octanol–water partition coefficient (Wildman–Crippen LogP) is 7.35. The summed E-state index contributed by atoms with van der Waals surface area (Å²) in [5.74, 6) is 0.748. The topological polar surface area (TPSA) is 101 Å². The summed E-state index contributed by atoms with van der Waals surface area (Å²) in [4.78, 5) is 9.44. The van der Waals surface area contributed by atoms with Crippen LogP contribution in [0, 0.1) is 17.5 Å². The largest absolute Gasteiger partial charge is 0.533 e. The van der Waals surface area contributed by atoms with Crippen LogP contribution in [0.5, 0.6) is 11.5 Å². The third kappa shape index (κ3) is 179. The van der Waals surface area contributed by atoms with Gasteiger partial charge in [0.2, 0.25) is 0 Å². The van der Waals surface area contributed by atoms with E-state index in [0.717, 1.165) is 12.5 Å². The summed E-state index contributed by atoms with van der Waals surface area (Å²) < 4.78 is 23.5. The van der Waals surface area contributed by atoms with Crippen molar-refractivity contribution in [2.45, 2.75) is 61.8 Å². The number of rotatable bonds is 0. The number of benzene rings is 2. The fraction of sp³-hybridized carbons (Fsp3) is 0.552. The molecule has 0 unspecified atom stereocenters. The van der Waals surface area contributed by atoms with Crippen LogP contribution in [0.2, 0.25) is 0 Å². The quantitative estimate of drug-likeness (QED) is 0.287. The molecule has 9 heteroatoms. The summed E-state index contributed by atoms with van der Waals surface area (Å²) in [6.07, 6.45) is 7.65. The van der Waals surface area contributed by atoms with Gasteiger partial charge in [-0.1, -0.05) is 48.0 Å². The molecule has 0 aromatic heterocycles. The number of phenolic OH excluding ortho intramolecular Hbond substituents is 2. The van der Waals surface area contributed by atoms with Crippen LogP contribution in [0.1, 0.15) is 61.8 Å². The van der Waals surface area contributed by atoms with E-state index in [1.54, 1.807) is 74.5 Å². The molecule has 0 fully saturated rings. The van der Waals surface area contributed by atoms with E-state index < -0.39 is 9.84 Å². The number of aromatic hydroxyl groups is 2. The molecule has 223 valence electrons.